The van der Waals surface area contributed by atoms with Gasteiger partial charge in [0, 0.05) is 32.0 Å². The van der Waals surface area contributed by atoms with E-state index in [-0.39, 0.29) is 53.3 Å². The monoisotopic (exact) mass is 483 g/mol. The number of anilines is 1. The molecule has 2 aromatic rings. The number of sulfonamides is 1. The summed E-state index contributed by atoms with van der Waals surface area (Å²) in [6.07, 6.45) is 1.04. The first-order valence-corrected chi connectivity index (χ1v) is 11.9. The van der Waals surface area contributed by atoms with Crippen LogP contribution in [0.5, 0.6) is 5.88 Å². The Morgan fingerprint density at radius 2 is 1.97 bits per heavy atom. The lowest BCUT2D eigenvalue weighted by atomic mass is 10.2. The fourth-order valence-corrected chi connectivity index (χ4v) is 5.42. The quantitative estimate of drug-likeness (QED) is 0.575. The Kier molecular flexibility index (Phi) is 8.07. The number of nitrogens with zero attached hydrogens (tertiary/aromatic N) is 2. The maximum absolute atomic E-state index is 13.2. The van der Waals surface area contributed by atoms with Gasteiger partial charge in [-0.15, -0.1) is 0 Å². The summed E-state index contributed by atoms with van der Waals surface area (Å²) in [7, 11) is -2.37. The van der Waals surface area contributed by atoms with Gasteiger partial charge in [0.25, 0.3) is 5.91 Å². The van der Waals surface area contributed by atoms with Crippen molar-refractivity contribution in [2.75, 3.05) is 38.7 Å². The van der Waals surface area contributed by atoms with Crippen molar-refractivity contribution in [1.29, 1.82) is 0 Å². The Balaban J connectivity index is 1.84. The number of nitrogens with one attached hydrogen (secondary N) is 1. The zero-order valence-corrected chi connectivity index (χ0v) is 19.6. The number of hydrogen-bond donors (Lipinski definition) is 1. The molecule has 0 bridgehead atoms. The molecule has 0 aliphatic carbocycles. The van der Waals surface area contributed by atoms with Crippen LogP contribution >= 0.6 is 11.6 Å². The Morgan fingerprint density at radius 3 is 2.66 bits per heavy atom. The van der Waals surface area contributed by atoms with E-state index < -0.39 is 15.9 Å². The van der Waals surface area contributed by atoms with Gasteiger partial charge in [-0.25, -0.2) is 13.4 Å². The smallest absolute Gasteiger partial charge is 0.255 e. The van der Waals surface area contributed by atoms with E-state index in [1.165, 1.54) is 28.7 Å². The number of pyridine rings is 1. The fourth-order valence-electron chi connectivity index (χ4n) is 3.33. The number of hydrogen-bond acceptors (Lipinski definition) is 7. The summed E-state index contributed by atoms with van der Waals surface area (Å²) in [4.78, 5) is 16.9. The Hall–Kier alpha value is -2.24. The normalized spacial score (nSPS) is 19.5. The molecule has 0 saturated carbocycles. The van der Waals surface area contributed by atoms with Crippen LogP contribution in [0.4, 0.5) is 5.69 Å². The summed E-state index contributed by atoms with van der Waals surface area (Å²) < 4.78 is 43.9. The summed E-state index contributed by atoms with van der Waals surface area (Å²) in [5, 5.41) is 2.75. The van der Waals surface area contributed by atoms with Crippen LogP contribution in [-0.4, -0.2) is 69.2 Å². The Bertz CT molecular complexity index is 1060. The highest BCUT2D eigenvalue weighted by Gasteiger charge is 2.34. The van der Waals surface area contributed by atoms with E-state index in [1.807, 2.05) is 13.8 Å². The molecule has 1 aromatic carbocycles. The van der Waals surface area contributed by atoms with E-state index >= 15 is 0 Å². The molecule has 1 aromatic heterocycles. The molecular formula is C21H26ClN3O6S. The first kappa shape index (κ1) is 24.4. The highest BCUT2D eigenvalue weighted by molar-refractivity contribution is 7.89. The number of ether oxygens (including phenoxy) is 3. The minimum Gasteiger partial charge on any atom is -0.474 e. The molecule has 174 valence electrons. The Morgan fingerprint density at radius 1 is 1.25 bits per heavy atom. The van der Waals surface area contributed by atoms with Gasteiger partial charge in [-0.1, -0.05) is 11.6 Å². The van der Waals surface area contributed by atoms with Crippen LogP contribution in [0.3, 0.4) is 0 Å². The first-order chi connectivity index (χ1) is 15.2. The van der Waals surface area contributed by atoms with Crippen molar-refractivity contribution >= 4 is 33.2 Å². The highest BCUT2D eigenvalue weighted by atomic mass is 35.5. The molecule has 32 heavy (non-hydrogen) atoms. The molecule has 0 spiro atoms. The zero-order chi connectivity index (χ0) is 23.3. The Labute approximate surface area is 192 Å². The number of aromatic nitrogens is 1. The average molecular weight is 484 g/mol. The van der Waals surface area contributed by atoms with Gasteiger partial charge in [0.05, 0.1) is 23.8 Å². The number of amides is 1. The van der Waals surface area contributed by atoms with Crippen molar-refractivity contribution in [1.82, 2.24) is 9.29 Å². The lowest BCUT2D eigenvalue weighted by molar-refractivity contribution is -0.0440. The average Bonchev–Trinajstić information content (AvgIpc) is 2.74. The number of morpholine rings is 1. The van der Waals surface area contributed by atoms with Crippen LogP contribution in [0.1, 0.15) is 24.2 Å². The molecule has 1 fully saturated rings. The first-order valence-electron chi connectivity index (χ1n) is 10.1. The van der Waals surface area contributed by atoms with Gasteiger partial charge in [0.1, 0.15) is 17.2 Å². The molecular weight excluding hydrogens is 458 g/mol. The standard InChI is InChI=1S/C21H26ClN3O6S/c1-14-12-25(13-15(2)31-14)32(27,28)19-11-16(6-7-17(19)22)20(26)24-18-5-4-8-23-21(18)30-10-9-29-3/h4-8,11,14-15H,9-10,12-13H2,1-3H3,(H,24,26). The van der Waals surface area contributed by atoms with Gasteiger partial charge >= 0.3 is 0 Å². The minimum atomic E-state index is -3.92. The van der Waals surface area contributed by atoms with Crippen molar-refractivity contribution in [2.45, 2.75) is 31.0 Å². The number of halogens is 1. The van der Waals surface area contributed by atoms with Gasteiger partial charge in [-0.2, -0.15) is 4.31 Å². The molecule has 1 saturated heterocycles. The van der Waals surface area contributed by atoms with Gasteiger partial charge in [-0.3, -0.25) is 4.79 Å². The maximum atomic E-state index is 13.2. The number of methoxy groups -OCH3 is 1. The summed E-state index contributed by atoms with van der Waals surface area (Å²) in [6, 6.07) is 7.42. The van der Waals surface area contributed by atoms with Crippen LogP contribution in [0.15, 0.2) is 41.4 Å². The second-order valence-corrected chi connectivity index (χ2v) is 9.69. The molecule has 9 nitrogen and oxygen atoms in total. The van der Waals surface area contributed by atoms with Crippen molar-refractivity contribution in [3.8, 4) is 5.88 Å². The van der Waals surface area contributed by atoms with E-state index in [4.69, 9.17) is 25.8 Å². The van der Waals surface area contributed by atoms with Crippen molar-refractivity contribution in [3.05, 3.63) is 47.1 Å². The highest BCUT2D eigenvalue weighted by Crippen LogP contribution is 2.29. The molecule has 1 amide bonds. The topological polar surface area (TPSA) is 107 Å². The summed E-state index contributed by atoms with van der Waals surface area (Å²) in [5.41, 5.74) is 0.484. The maximum Gasteiger partial charge on any atom is 0.255 e. The van der Waals surface area contributed by atoms with Gasteiger partial charge in [0.2, 0.25) is 15.9 Å². The van der Waals surface area contributed by atoms with Crippen LogP contribution in [0, 0.1) is 0 Å². The third-order valence-corrected chi connectivity index (χ3v) is 7.06. The third-order valence-electron chi connectivity index (χ3n) is 4.74. The van der Waals surface area contributed by atoms with Gasteiger partial charge in [-0.05, 0) is 44.2 Å². The molecule has 0 radical (unpaired) electrons. The second kappa shape index (κ2) is 10.6. The molecule has 1 N–H and O–H groups in total. The predicted octanol–water partition coefficient (Wildman–Crippen LogP) is 2.81. The van der Waals surface area contributed by atoms with E-state index in [9.17, 15) is 13.2 Å². The fraction of sp³-hybridized carbons (Fsp3) is 0.429. The second-order valence-electron chi connectivity index (χ2n) is 7.38. The molecule has 2 unspecified atom stereocenters. The molecule has 1 aliphatic heterocycles. The zero-order valence-electron chi connectivity index (χ0n) is 18.1. The lowest BCUT2D eigenvalue weighted by Gasteiger charge is -2.34. The third kappa shape index (κ3) is 5.76. The van der Waals surface area contributed by atoms with E-state index in [2.05, 4.69) is 10.3 Å². The molecule has 2 heterocycles. The molecule has 2 atom stereocenters. The number of benzene rings is 1. The summed E-state index contributed by atoms with van der Waals surface area (Å²) >= 11 is 6.22. The predicted molar refractivity (Wildman–Crippen MR) is 120 cm³/mol. The van der Waals surface area contributed by atoms with E-state index in [1.54, 1.807) is 19.2 Å². The van der Waals surface area contributed by atoms with Gasteiger partial charge < -0.3 is 19.5 Å². The van der Waals surface area contributed by atoms with Gasteiger partial charge in [0.15, 0.2) is 0 Å². The number of rotatable bonds is 8. The number of carbonyl (C=O) groups excluding carboxylic acids is 1. The van der Waals surface area contributed by atoms with Crippen molar-refractivity contribution in [2.24, 2.45) is 0 Å². The number of carbonyl (C=O) groups is 1. The van der Waals surface area contributed by atoms with Crippen LogP contribution in [-0.2, 0) is 19.5 Å². The van der Waals surface area contributed by atoms with Crippen molar-refractivity contribution in [3.63, 3.8) is 0 Å². The van der Waals surface area contributed by atoms with E-state index in [0.29, 0.717) is 12.3 Å². The summed E-state index contributed by atoms with van der Waals surface area (Å²) in [6.45, 7) is 4.65. The SMILES string of the molecule is COCCOc1ncccc1NC(=O)c1ccc(Cl)c(S(=O)(=O)N2CC(C)OC(C)C2)c1. The molecule has 11 heteroatoms. The largest absolute Gasteiger partial charge is 0.474 e. The summed E-state index contributed by atoms with van der Waals surface area (Å²) in [5.74, 6) is -0.289. The van der Waals surface area contributed by atoms with Crippen LogP contribution in [0.2, 0.25) is 5.02 Å². The van der Waals surface area contributed by atoms with Crippen LogP contribution in [0.25, 0.3) is 0 Å². The van der Waals surface area contributed by atoms with Crippen molar-refractivity contribution < 1.29 is 27.4 Å². The lowest BCUT2D eigenvalue weighted by Crippen LogP contribution is -2.48. The molecule has 1 aliphatic rings. The molecule has 3 rings (SSSR count). The van der Waals surface area contributed by atoms with Crippen LogP contribution < -0.4 is 10.1 Å². The minimum absolute atomic E-state index is 0.0401. The van der Waals surface area contributed by atoms with E-state index in [0.717, 1.165) is 0 Å².